The van der Waals surface area contributed by atoms with E-state index in [0.29, 0.717) is 31.5 Å². The number of nitrogens with zero attached hydrogens (tertiary/aromatic N) is 1. The maximum atomic E-state index is 12.5. The van der Waals surface area contributed by atoms with E-state index >= 15 is 0 Å². The number of ether oxygens (including phenoxy) is 1. The first-order chi connectivity index (χ1) is 13.2. The molecule has 0 bridgehead atoms. The Balaban J connectivity index is 1.43. The number of hydrogen-bond acceptors (Lipinski definition) is 3. The summed E-state index contributed by atoms with van der Waals surface area (Å²) in [6.45, 7) is 1.38. The van der Waals surface area contributed by atoms with Crippen LogP contribution in [0.1, 0.15) is 35.2 Å². The van der Waals surface area contributed by atoms with Crippen molar-refractivity contribution >= 4 is 11.8 Å². The van der Waals surface area contributed by atoms with E-state index in [1.54, 1.807) is 7.11 Å². The lowest BCUT2D eigenvalue weighted by Gasteiger charge is -2.32. The molecule has 1 fully saturated rings. The average Bonchev–Trinajstić information content (AvgIpc) is 2.73. The summed E-state index contributed by atoms with van der Waals surface area (Å²) in [6, 6.07) is 17.2. The first kappa shape index (κ1) is 19.0. The lowest BCUT2D eigenvalue weighted by Crippen LogP contribution is -2.46. The Hall–Kier alpha value is -2.82. The van der Waals surface area contributed by atoms with Gasteiger partial charge in [0.25, 0.3) is 5.91 Å². The van der Waals surface area contributed by atoms with E-state index in [9.17, 15) is 9.59 Å². The lowest BCUT2D eigenvalue weighted by molar-refractivity contribution is -0.132. The van der Waals surface area contributed by atoms with Crippen molar-refractivity contribution in [3.05, 3.63) is 65.7 Å². The van der Waals surface area contributed by atoms with Crippen molar-refractivity contribution in [2.45, 2.75) is 31.7 Å². The van der Waals surface area contributed by atoms with Crippen molar-refractivity contribution in [2.75, 3.05) is 20.2 Å². The Bertz CT molecular complexity index is 768. The first-order valence-electron chi connectivity index (χ1n) is 9.42. The molecule has 0 aliphatic carbocycles. The van der Waals surface area contributed by atoms with Crippen molar-refractivity contribution in [1.29, 1.82) is 0 Å². The highest BCUT2D eigenvalue weighted by molar-refractivity contribution is 5.94. The molecular formula is C22H26N2O3. The van der Waals surface area contributed by atoms with Crippen LogP contribution in [-0.2, 0) is 11.2 Å². The number of methoxy groups -OCH3 is 1. The molecule has 0 radical (unpaired) electrons. The Kier molecular flexibility index (Phi) is 6.47. The number of piperidine rings is 1. The molecular weight excluding hydrogens is 340 g/mol. The molecule has 0 saturated carbocycles. The molecule has 5 heteroatoms. The zero-order chi connectivity index (χ0) is 19.1. The van der Waals surface area contributed by atoms with Gasteiger partial charge in [0.15, 0.2) is 0 Å². The largest absolute Gasteiger partial charge is 0.497 e. The zero-order valence-corrected chi connectivity index (χ0v) is 15.7. The Morgan fingerprint density at radius 2 is 1.81 bits per heavy atom. The fourth-order valence-electron chi connectivity index (χ4n) is 3.37. The van der Waals surface area contributed by atoms with Crippen LogP contribution in [0.3, 0.4) is 0 Å². The molecule has 2 aromatic rings. The number of carbonyl (C=O) groups excluding carboxylic acids is 2. The van der Waals surface area contributed by atoms with Crippen LogP contribution in [0.25, 0.3) is 0 Å². The van der Waals surface area contributed by atoms with Gasteiger partial charge in [-0.1, -0.05) is 30.3 Å². The third-order valence-corrected chi connectivity index (χ3v) is 4.98. The molecule has 5 nitrogen and oxygen atoms in total. The molecule has 0 aromatic heterocycles. The first-order valence-corrected chi connectivity index (χ1v) is 9.42. The second-order valence-electron chi connectivity index (χ2n) is 6.85. The number of amides is 2. The third-order valence-electron chi connectivity index (χ3n) is 4.98. The van der Waals surface area contributed by atoms with Crippen molar-refractivity contribution in [2.24, 2.45) is 0 Å². The van der Waals surface area contributed by atoms with Gasteiger partial charge in [-0.2, -0.15) is 0 Å². The second-order valence-corrected chi connectivity index (χ2v) is 6.85. The summed E-state index contributed by atoms with van der Waals surface area (Å²) < 4.78 is 5.22. The van der Waals surface area contributed by atoms with Gasteiger partial charge in [0, 0.05) is 31.1 Å². The lowest BCUT2D eigenvalue weighted by atomic mass is 10.0. The average molecular weight is 366 g/mol. The molecule has 1 saturated heterocycles. The van der Waals surface area contributed by atoms with Gasteiger partial charge in [-0.25, -0.2) is 0 Å². The molecule has 3 rings (SSSR count). The van der Waals surface area contributed by atoms with Gasteiger partial charge in [-0.05, 0) is 49.1 Å². The second kappa shape index (κ2) is 9.21. The van der Waals surface area contributed by atoms with E-state index in [4.69, 9.17) is 4.74 Å². The van der Waals surface area contributed by atoms with E-state index in [-0.39, 0.29) is 17.9 Å². The molecule has 2 aromatic carbocycles. The maximum Gasteiger partial charge on any atom is 0.251 e. The number of nitrogens with one attached hydrogen (secondary N) is 1. The normalized spacial score (nSPS) is 14.6. The highest BCUT2D eigenvalue weighted by Crippen LogP contribution is 2.16. The minimum atomic E-state index is -0.0431. The Labute approximate surface area is 160 Å². The number of likely N-dealkylation sites (tertiary alicyclic amines) is 1. The van der Waals surface area contributed by atoms with Crippen LogP contribution in [0, 0.1) is 0 Å². The Morgan fingerprint density at radius 3 is 2.52 bits per heavy atom. The fourth-order valence-corrected chi connectivity index (χ4v) is 3.37. The SMILES string of the molecule is COc1cccc(CCC(=O)N2CCC(NC(=O)c3ccccc3)CC2)c1. The molecule has 142 valence electrons. The molecule has 0 atom stereocenters. The minimum Gasteiger partial charge on any atom is -0.497 e. The molecule has 1 aliphatic rings. The molecule has 1 N–H and O–H groups in total. The standard InChI is InChI=1S/C22H26N2O3/c1-27-20-9-5-6-17(16-20)10-11-21(25)24-14-12-19(13-15-24)23-22(26)18-7-3-2-4-8-18/h2-9,16,19H,10-15H2,1H3,(H,23,26). The topological polar surface area (TPSA) is 58.6 Å². The third kappa shape index (κ3) is 5.33. The van der Waals surface area contributed by atoms with Crippen molar-refractivity contribution in [1.82, 2.24) is 10.2 Å². The predicted octanol–water partition coefficient (Wildman–Crippen LogP) is 3.05. The van der Waals surface area contributed by atoms with Gasteiger partial charge in [-0.15, -0.1) is 0 Å². The van der Waals surface area contributed by atoms with Crippen LogP contribution in [0.5, 0.6) is 5.75 Å². The van der Waals surface area contributed by atoms with Crippen LogP contribution in [-0.4, -0.2) is 43.0 Å². The summed E-state index contributed by atoms with van der Waals surface area (Å²) in [4.78, 5) is 26.6. The number of rotatable bonds is 6. The zero-order valence-electron chi connectivity index (χ0n) is 15.7. The van der Waals surface area contributed by atoms with E-state index in [2.05, 4.69) is 5.32 Å². The van der Waals surface area contributed by atoms with Crippen LogP contribution >= 0.6 is 0 Å². The van der Waals surface area contributed by atoms with Gasteiger partial charge in [0.2, 0.25) is 5.91 Å². The van der Waals surface area contributed by atoms with Gasteiger partial charge < -0.3 is 15.0 Å². The van der Waals surface area contributed by atoms with Crippen LogP contribution < -0.4 is 10.1 Å². The molecule has 1 heterocycles. The number of benzene rings is 2. The summed E-state index contributed by atoms with van der Waals surface area (Å²) in [6.07, 6.45) is 2.79. The highest BCUT2D eigenvalue weighted by Gasteiger charge is 2.23. The summed E-state index contributed by atoms with van der Waals surface area (Å²) in [5, 5.41) is 3.07. The molecule has 0 spiro atoms. The van der Waals surface area contributed by atoms with Crippen LogP contribution in [0.2, 0.25) is 0 Å². The van der Waals surface area contributed by atoms with Crippen molar-refractivity contribution in [3.8, 4) is 5.75 Å². The van der Waals surface area contributed by atoms with Crippen LogP contribution in [0.15, 0.2) is 54.6 Å². The summed E-state index contributed by atoms with van der Waals surface area (Å²) in [7, 11) is 1.64. The number of carbonyl (C=O) groups is 2. The molecule has 1 aliphatic heterocycles. The smallest absolute Gasteiger partial charge is 0.251 e. The number of hydrogen-bond donors (Lipinski definition) is 1. The van der Waals surface area contributed by atoms with E-state index < -0.39 is 0 Å². The van der Waals surface area contributed by atoms with E-state index in [0.717, 1.165) is 24.2 Å². The van der Waals surface area contributed by atoms with Gasteiger partial charge in [0.1, 0.15) is 5.75 Å². The maximum absolute atomic E-state index is 12.5. The van der Waals surface area contributed by atoms with Crippen LogP contribution in [0.4, 0.5) is 0 Å². The van der Waals surface area contributed by atoms with Gasteiger partial charge in [-0.3, -0.25) is 9.59 Å². The molecule has 27 heavy (non-hydrogen) atoms. The number of aryl methyl sites for hydroxylation is 1. The summed E-state index contributed by atoms with van der Waals surface area (Å²) >= 11 is 0. The monoisotopic (exact) mass is 366 g/mol. The van der Waals surface area contributed by atoms with Gasteiger partial charge >= 0.3 is 0 Å². The molecule has 2 amide bonds. The summed E-state index contributed by atoms with van der Waals surface area (Å²) in [5.41, 5.74) is 1.78. The van der Waals surface area contributed by atoms with Gasteiger partial charge in [0.05, 0.1) is 7.11 Å². The van der Waals surface area contributed by atoms with E-state index in [1.807, 2.05) is 59.5 Å². The van der Waals surface area contributed by atoms with Crippen molar-refractivity contribution in [3.63, 3.8) is 0 Å². The summed E-state index contributed by atoms with van der Waals surface area (Å²) in [5.74, 6) is 0.943. The highest BCUT2D eigenvalue weighted by atomic mass is 16.5. The van der Waals surface area contributed by atoms with Crippen molar-refractivity contribution < 1.29 is 14.3 Å². The molecule has 0 unspecified atom stereocenters. The minimum absolute atomic E-state index is 0.0431. The Morgan fingerprint density at radius 1 is 1.07 bits per heavy atom. The predicted molar refractivity (Wildman–Crippen MR) is 105 cm³/mol. The van der Waals surface area contributed by atoms with E-state index in [1.165, 1.54) is 0 Å². The fraction of sp³-hybridized carbons (Fsp3) is 0.364. The quantitative estimate of drug-likeness (QED) is 0.855.